The number of aromatic nitrogens is 1. The van der Waals surface area contributed by atoms with Crippen LogP contribution >= 0.6 is 25.1 Å². The molecule has 3 saturated carbocycles. The average Bonchev–Trinajstić information content (AvgIpc) is 3.48. The maximum Gasteiger partial charge on any atom is 0.281 e. The van der Waals surface area contributed by atoms with Gasteiger partial charge >= 0.3 is 0 Å². The van der Waals surface area contributed by atoms with Crippen LogP contribution in [0.5, 0.6) is 5.75 Å². The Morgan fingerprint density at radius 2 is 1.89 bits per heavy atom. The Balaban J connectivity index is 0.00000294. The smallest absolute Gasteiger partial charge is 0.281 e. The quantitative estimate of drug-likeness (QED) is 0.504. The van der Waals surface area contributed by atoms with Crippen molar-refractivity contribution < 1.29 is 23.1 Å². The van der Waals surface area contributed by atoms with Crippen molar-refractivity contribution in [3.8, 4) is 5.75 Å². The van der Waals surface area contributed by atoms with Gasteiger partial charge in [0.15, 0.2) is 10.6 Å². The van der Waals surface area contributed by atoms with E-state index in [9.17, 15) is 18.3 Å². The Morgan fingerprint density at radius 1 is 1.16 bits per heavy atom. The lowest BCUT2D eigenvalue weighted by molar-refractivity contribution is -0.128. The summed E-state index contributed by atoms with van der Waals surface area (Å²) in [6, 6.07) is 10.2. The van der Waals surface area contributed by atoms with Crippen molar-refractivity contribution in [2.45, 2.75) is 80.4 Å². The summed E-state index contributed by atoms with van der Waals surface area (Å²) >= 11 is 6.27. The van der Waals surface area contributed by atoms with Crippen LogP contribution in [-0.4, -0.2) is 48.7 Å². The van der Waals surface area contributed by atoms with Gasteiger partial charge in [0.05, 0.1) is 5.60 Å². The minimum Gasteiger partial charge on any atom is -0.477 e. The second-order valence-electron chi connectivity index (χ2n) is 11.7. The Hall–Kier alpha value is -2.01. The molecule has 0 unspecified atom stereocenters. The predicted octanol–water partition coefficient (Wildman–Crippen LogP) is 4.27. The number of ether oxygens (including phenoxy) is 1. The van der Waals surface area contributed by atoms with Gasteiger partial charge in [-0.15, -0.1) is 0 Å². The number of anilines is 1. The maximum absolute atomic E-state index is 13.2. The fraction of sp³-hybridized carbons (Fsp3) is 0.556. The summed E-state index contributed by atoms with van der Waals surface area (Å²) in [4.78, 5) is 19.4. The zero-order valence-corrected chi connectivity index (χ0v) is 23.9. The van der Waals surface area contributed by atoms with E-state index in [2.05, 4.69) is 9.71 Å². The fourth-order valence-electron chi connectivity index (χ4n) is 6.06. The van der Waals surface area contributed by atoms with Gasteiger partial charge in [0.25, 0.3) is 15.9 Å². The molecule has 0 bridgehead atoms. The van der Waals surface area contributed by atoms with E-state index in [-0.39, 0.29) is 18.5 Å². The number of sulfonamides is 1. The van der Waals surface area contributed by atoms with Gasteiger partial charge in [0.1, 0.15) is 11.6 Å². The number of pyridine rings is 1. The minimum atomic E-state index is -4.22. The molecule has 2 aromatic rings. The van der Waals surface area contributed by atoms with Crippen molar-refractivity contribution in [1.82, 2.24) is 9.71 Å². The number of aliphatic hydroxyl groups is 1. The molecular weight excluding hydrogens is 546 g/mol. The van der Waals surface area contributed by atoms with Crippen molar-refractivity contribution in [2.24, 2.45) is 5.41 Å². The molecule has 2 heterocycles. The number of nitrogens with one attached hydrogen (secondary N) is 1. The van der Waals surface area contributed by atoms with E-state index in [1.54, 1.807) is 25.1 Å². The van der Waals surface area contributed by atoms with Crippen molar-refractivity contribution in [3.05, 3.63) is 47.0 Å². The van der Waals surface area contributed by atoms with E-state index in [1.165, 1.54) is 25.3 Å². The predicted molar refractivity (Wildman–Crippen MR) is 150 cm³/mol. The normalized spacial score (nSPS) is 25.2. The van der Waals surface area contributed by atoms with Crippen LogP contribution in [0.25, 0.3) is 0 Å². The zero-order valence-electron chi connectivity index (χ0n) is 21.4. The lowest BCUT2D eigenvalue weighted by atomic mass is 9.50. The first-order valence-corrected chi connectivity index (χ1v) is 14.8. The third kappa shape index (κ3) is 5.12. The summed E-state index contributed by atoms with van der Waals surface area (Å²) in [7, 11) is -4.22. The summed E-state index contributed by atoms with van der Waals surface area (Å²) in [6.07, 6.45) is 7.50. The zero-order chi connectivity index (χ0) is 26.1. The average molecular weight is 580 g/mol. The van der Waals surface area contributed by atoms with Gasteiger partial charge in [-0.25, -0.2) is 9.71 Å². The summed E-state index contributed by atoms with van der Waals surface area (Å²) in [6.45, 7) is 2.67. The maximum atomic E-state index is 13.2. The third-order valence-corrected chi connectivity index (χ3v) is 10.1. The number of benzene rings is 1. The van der Waals surface area contributed by atoms with Gasteiger partial charge in [0, 0.05) is 31.0 Å². The molecule has 1 saturated heterocycles. The number of β-amino-alcohol motifs (C(OH)–C–C–N with tert-alkyl or cyclic N) is 1. The highest BCUT2D eigenvalue weighted by atomic mass is 35.5. The van der Waals surface area contributed by atoms with Gasteiger partial charge in [-0.1, -0.05) is 30.2 Å². The van der Waals surface area contributed by atoms with E-state index in [0.29, 0.717) is 60.3 Å². The van der Waals surface area contributed by atoms with Gasteiger partial charge < -0.3 is 14.7 Å². The molecule has 4 aliphatic rings. The topological polar surface area (TPSA) is 109 Å². The number of nitrogens with zero attached hydrogens (tertiary/aromatic N) is 2. The standard InChI is InChI=1S/C27H32ClN3O5S.H2S/c1-25(33)12-13-31(17-25)22-4-2-5-23(29-22)37(34,35)30-24(32)27(10-11-27)36-21-14-19(28)6-7-20(21)18-15-26(16-18)8-3-9-26;/h2,4-7,14,18,33H,3,8-13,15-17H2,1H3,(H,30,32);1H2/t25-;/m0./s1. The van der Waals surface area contributed by atoms with Crippen LogP contribution in [0.3, 0.4) is 0 Å². The number of rotatable bonds is 7. The first kappa shape index (κ1) is 27.6. The van der Waals surface area contributed by atoms with Crippen LogP contribution in [0.15, 0.2) is 41.4 Å². The van der Waals surface area contributed by atoms with Gasteiger partial charge in [-0.05, 0) is 80.2 Å². The lowest BCUT2D eigenvalue weighted by Crippen LogP contribution is -2.44. The number of carbonyl (C=O) groups is 1. The van der Waals surface area contributed by atoms with E-state index in [4.69, 9.17) is 16.3 Å². The highest BCUT2D eigenvalue weighted by Gasteiger charge is 2.55. The number of halogens is 1. The highest BCUT2D eigenvalue weighted by Crippen LogP contribution is 2.63. The van der Waals surface area contributed by atoms with Gasteiger partial charge in [0.2, 0.25) is 0 Å². The molecule has 3 aliphatic carbocycles. The molecule has 1 spiro atoms. The second-order valence-corrected chi connectivity index (χ2v) is 13.7. The van der Waals surface area contributed by atoms with E-state index in [1.807, 2.05) is 17.0 Å². The van der Waals surface area contributed by atoms with Crippen molar-refractivity contribution >= 4 is 46.8 Å². The molecule has 38 heavy (non-hydrogen) atoms. The molecular formula is C27H34ClN3O5S2. The molecule has 1 atom stereocenters. The molecule has 1 aromatic carbocycles. The molecule has 6 rings (SSSR count). The second kappa shape index (κ2) is 9.57. The molecule has 0 radical (unpaired) electrons. The molecule has 2 N–H and O–H groups in total. The van der Waals surface area contributed by atoms with Gasteiger partial charge in [-0.3, -0.25) is 4.79 Å². The van der Waals surface area contributed by atoms with Crippen molar-refractivity contribution in [3.63, 3.8) is 0 Å². The molecule has 4 fully saturated rings. The minimum absolute atomic E-state index is 0. The first-order chi connectivity index (χ1) is 17.5. The fourth-order valence-corrected chi connectivity index (χ4v) is 7.23. The van der Waals surface area contributed by atoms with Crippen molar-refractivity contribution in [1.29, 1.82) is 0 Å². The van der Waals surface area contributed by atoms with Crippen LogP contribution in [0.2, 0.25) is 5.02 Å². The molecule has 11 heteroatoms. The Kier molecular flexibility index (Phi) is 6.94. The largest absolute Gasteiger partial charge is 0.477 e. The Labute approximate surface area is 235 Å². The lowest BCUT2D eigenvalue weighted by Gasteiger charge is -2.54. The summed E-state index contributed by atoms with van der Waals surface area (Å²) in [5, 5.41) is 10.5. The summed E-state index contributed by atoms with van der Waals surface area (Å²) in [5.74, 6) is 0.684. The van der Waals surface area contributed by atoms with Crippen LogP contribution in [-0.2, 0) is 14.8 Å². The monoisotopic (exact) mass is 579 g/mol. The Bertz CT molecular complexity index is 1350. The Morgan fingerprint density at radius 3 is 2.50 bits per heavy atom. The molecule has 8 nitrogen and oxygen atoms in total. The van der Waals surface area contributed by atoms with Crippen LogP contribution in [0.1, 0.15) is 69.8 Å². The van der Waals surface area contributed by atoms with E-state index >= 15 is 0 Å². The van der Waals surface area contributed by atoms with Crippen LogP contribution in [0.4, 0.5) is 5.82 Å². The third-order valence-electron chi connectivity index (χ3n) is 8.60. The summed E-state index contributed by atoms with van der Waals surface area (Å²) < 4.78 is 34.7. The molecule has 1 aromatic heterocycles. The number of amides is 1. The number of hydrogen-bond donors (Lipinski definition) is 2. The van der Waals surface area contributed by atoms with E-state index in [0.717, 1.165) is 18.4 Å². The highest BCUT2D eigenvalue weighted by molar-refractivity contribution is 7.90. The van der Waals surface area contributed by atoms with Crippen molar-refractivity contribution in [2.75, 3.05) is 18.0 Å². The SMILES string of the molecule is C[C@]1(O)CCN(c2cccc(S(=O)(=O)NC(=O)C3(Oc4cc(Cl)ccc4C4CC5(CCC5)C4)CC3)n2)C1.S. The molecule has 1 amide bonds. The number of hydrogen-bond acceptors (Lipinski definition) is 7. The number of carbonyl (C=O) groups excluding carboxylic acids is 1. The molecule has 1 aliphatic heterocycles. The van der Waals surface area contributed by atoms with E-state index < -0.39 is 27.1 Å². The first-order valence-electron chi connectivity index (χ1n) is 13.0. The van der Waals surface area contributed by atoms with Gasteiger partial charge in [-0.2, -0.15) is 21.9 Å². The summed E-state index contributed by atoms with van der Waals surface area (Å²) in [5.41, 5.74) is -0.566. The van der Waals surface area contributed by atoms with Crippen LogP contribution < -0.4 is 14.4 Å². The molecule has 206 valence electrons. The van der Waals surface area contributed by atoms with Crippen LogP contribution in [0, 0.1) is 5.41 Å².